The van der Waals surface area contributed by atoms with Crippen LogP contribution >= 0.6 is 11.3 Å². The van der Waals surface area contributed by atoms with Crippen LogP contribution in [0.5, 0.6) is 0 Å². The van der Waals surface area contributed by atoms with E-state index in [9.17, 15) is 19.7 Å². The summed E-state index contributed by atoms with van der Waals surface area (Å²) in [6.45, 7) is 2.67. The highest BCUT2D eigenvalue weighted by atomic mass is 32.1. The van der Waals surface area contributed by atoms with Crippen molar-refractivity contribution in [2.75, 3.05) is 13.1 Å². The molecule has 2 aromatic carbocycles. The Morgan fingerprint density at radius 3 is 2.50 bits per heavy atom. The maximum atomic E-state index is 13.7. The Hall–Kier alpha value is -3.52. The van der Waals surface area contributed by atoms with E-state index in [1.54, 1.807) is 16.2 Å². The Kier molecular flexibility index (Phi) is 5.91. The molecule has 1 aromatic heterocycles. The largest absolute Gasteiger partial charge is 0.330 e. The zero-order valence-electron chi connectivity index (χ0n) is 18.8. The van der Waals surface area contributed by atoms with Gasteiger partial charge in [0.1, 0.15) is 6.54 Å². The Morgan fingerprint density at radius 1 is 1.09 bits per heavy atom. The molecule has 1 aliphatic carbocycles. The van der Waals surface area contributed by atoms with E-state index in [0.717, 1.165) is 30.4 Å². The minimum absolute atomic E-state index is 0.00232. The van der Waals surface area contributed by atoms with Crippen LogP contribution in [-0.2, 0) is 11.2 Å². The second-order valence-electron chi connectivity index (χ2n) is 8.86. The standard InChI is InChI=1S/C26H25N3O4S/c1-17-4-2-3-5-21(17)25-22-13-15-34-23(22)12-14-27(25)24(30)16-28(19-10-11-19)26(31)18-6-8-20(9-7-18)29(32)33/h2-9,13,15,19,25H,10-12,14,16H2,1H3. The van der Waals surface area contributed by atoms with E-state index < -0.39 is 4.92 Å². The Morgan fingerprint density at radius 2 is 1.82 bits per heavy atom. The maximum Gasteiger partial charge on any atom is 0.269 e. The van der Waals surface area contributed by atoms with Crippen LogP contribution in [0.25, 0.3) is 0 Å². The summed E-state index contributed by atoms with van der Waals surface area (Å²) in [5.74, 6) is -0.335. The molecule has 1 unspecified atom stereocenters. The van der Waals surface area contributed by atoms with E-state index in [1.807, 2.05) is 17.0 Å². The van der Waals surface area contributed by atoms with Crippen LogP contribution in [0, 0.1) is 17.0 Å². The van der Waals surface area contributed by atoms with Crippen molar-refractivity contribution >= 4 is 28.8 Å². The van der Waals surface area contributed by atoms with Gasteiger partial charge in [0.05, 0.1) is 11.0 Å². The highest BCUT2D eigenvalue weighted by Gasteiger charge is 2.38. The molecular formula is C26H25N3O4S. The second kappa shape index (κ2) is 9.02. The number of carbonyl (C=O) groups is 2. The summed E-state index contributed by atoms with van der Waals surface area (Å²) < 4.78 is 0. The van der Waals surface area contributed by atoms with Gasteiger partial charge in [-0.3, -0.25) is 19.7 Å². The third kappa shape index (κ3) is 4.21. The van der Waals surface area contributed by atoms with Gasteiger partial charge < -0.3 is 9.80 Å². The molecule has 2 amide bonds. The lowest BCUT2D eigenvalue weighted by molar-refractivity contribution is -0.384. The van der Waals surface area contributed by atoms with Gasteiger partial charge in [0.2, 0.25) is 5.91 Å². The van der Waals surface area contributed by atoms with E-state index >= 15 is 0 Å². The van der Waals surface area contributed by atoms with Crippen LogP contribution in [0.1, 0.15) is 50.8 Å². The number of rotatable bonds is 6. The van der Waals surface area contributed by atoms with Crippen LogP contribution in [0.4, 0.5) is 5.69 Å². The minimum Gasteiger partial charge on any atom is -0.330 e. The summed E-state index contributed by atoms with van der Waals surface area (Å²) in [6.07, 6.45) is 2.53. The van der Waals surface area contributed by atoms with Crippen molar-refractivity contribution in [2.24, 2.45) is 0 Å². The molecule has 7 nitrogen and oxygen atoms in total. The number of aryl methyl sites for hydroxylation is 1. The van der Waals surface area contributed by atoms with Gasteiger partial charge >= 0.3 is 0 Å². The number of amides is 2. The molecule has 0 spiro atoms. The quantitative estimate of drug-likeness (QED) is 0.381. The normalized spacial score (nSPS) is 17.2. The Labute approximate surface area is 201 Å². The molecule has 5 rings (SSSR count). The number of benzene rings is 2. The van der Waals surface area contributed by atoms with E-state index in [-0.39, 0.29) is 36.1 Å². The first-order chi connectivity index (χ1) is 16.4. The lowest BCUT2D eigenvalue weighted by Gasteiger charge is -2.38. The lowest BCUT2D eigenvalue weighted by Crippen LogP contribution is -2.47. The predicted molar refractivity (Wildman–Crippen MR) is 130 cm³/mol. The molecule has 1 aliphatic heterocycles. The molecule has 0 radical (unpaired) electrons. The van der Waals surface area contributed by atoms with Crippen molar-refractivity contribution in [3.63, 3.8) is 0 Å². The number of carbonyl (C=O) groups excluding carboxylic acids is 2. The molecule has 0 bridgehead atoms. The molecule has 1 fully saturated rings. The molecule has 0 N–H and O–H groups in total. The topological polar surface area (TPSA) is 83.8 Å². The summed E-state index contributed by atoms with van der Waals surface area (Å²) in [4.78, 5) is 42.3. The smallest absolute Gasteiger partial charge is 0.269 e. The number of non-ortho nitro benzene ring substituents is 1. The molecule has 2 heterocycles. The van der Waals surface area contributed by atoms with Gasteiger partial charge in [-0.25, -0.2) is 0 Å². The summed E-state index contributed by atoms with van der Waals surface area (Å²) in [5, 5.41) is 13.0. The summed E-state index contributed by atoms with van der Waals surface area (Å²) in [7, 11) is 0. The van der Waals surface area contributed by atoms with Gasteiger partial charge in [-0.1, -0.05) is 24.3 Å². The third-order valence-corrected chi connectivity index (χ3v) is 7.64. The number of fused-ring (bicyclic) bond motifs is 1. The molecule has 1 saturated carbocycles. The lowest BCUT2D eigenvalue weighted by atomic mass is 9.90. The first-order valence-electron chi connectivity index (χ1n) is 11.4. The summed E-state index contributed by atoms with van der Waals surface area (Å²) in [5.41, 5.74) is 3.70. The minimum atomic E-state index is -0.489. The van der Waals surface area contributed by atoms with Crippen molar-refractivity contribution in [1.29, 1.82) is 0 Å². The van der Waals surface area contributed by atoms with Crippen LogP contribution in [0.2, 0.25) is 0 Å². The molecule has 2 aliphatic rings. The van der Waals surface area contributed by atoms with Gasteiger partial charge in [0, 0.05) is 35.2 Å². The fraction of sp³-hybridized carbons (Fsp3) is 0.308. The summed E-state index contributed by atoms with van der Waals surface area (Å²) >= 11 is 1.73. The van der Waals surface area contributed by atoms with Crippen molar-refractivity contribution in [3.8, 4) is 0 Å². The molecule has 0 saturated heterocycles. The first-order valence-corrected chi connectivity index (χ1v) is 12.3. The Balaban J connectivity index is 1.41. The van der Waals surface area contributed by atoms with Crippen molar-refractivity contribution < 1.29 is 14.5 Å². The number of nitro groups is 1. The number of hydrogen-bond donors (Lipinski definition) is 0. The van der Waals surface area contributed by atoms with E-state index in [1.165, 1.54) is 34.7 Å². The highest BCUT2D eigenvalue weighted by molar-refractivity contribution is 7.10. The zero-order valence-corrected chi connectivity index (χ0v) is 19.7. The molecular weight excluding hydrogens is 450 g/mol. The molecule has 174 valence electrons. The fourth-order valence-corrected chi connectivity index (χ4v) is 5.60. The number of thiophene rings is 1. The van der Waals surface area contributed by atoms with E-state index in [4.69, 9.17) is 0 Å². The number of nitro benzene ring substituents is 1. The predicted octanol–water partition coefficient (Wildman–Crippen LogP) is 4.74. The average Bonchev–Trinajstić information content (AvgIpc) is 3.57. The average molecular weight is 476 g/mol. The SMILES string of the molecule is Cc1ccccc1C1c2ccsc2CCN1C(=O)CN(C(=O)c1ccc([N+](=O)[O-])cc1)C1CC1. The molecule has 8 heteroatoms. The highest BCUT2D eigenvalue weighted by Crippen LogP contribution is 2.39. The van der Waals surface area contributed by atoms with Crippen LogP contribution in [-0.4, -0.2) is 45.7 Å². The van der Waals surface area contributed by atoms with Gasteiger partial charge in [-0.05, 0) is 66.5 Å². The number of hydrogen-bond acceptors (Lipinski definition) is 5. The third-order valence-electron chi connectivity index (χ3n) is 6.65. The number of nitrogens with zero attached hydrogens (tertiary/aromatic N) is 3. The van der Waals surface area contributed by atoms with Crippen molar-refractivity contribution in [2.45, 2.75) is 38.3 Å². The monoisotopic (exact) mass is 475 g/mol. The van der Waals surface area contributed by atoms with Gasteiger partial charge in [-0.15, -0.1) is 11.3 Å². The zero-order chi connectivity index (χ0) is 23.8. The first kappa shape index (κ1) is 22.3. The molecule has 1 atom stereocenters. The second-order valence-corrected chi connectivity index (χ2v) is 9.86. The molecule has 3 aromatic rings. The fourth-order valence-electron chi connectivity index (χ4n) is 4.70. The van der Waals surface area contributed by atoms with E-state index in [2.05, 4.69) is 30.5 Å². The van der Waals surface area contributed by atoms with Gasteiger partial charge in [0.15, 0.2) is 0 Å². The van der Waals surface area contributed by atoms with Gasteiger partial charge in [0.25, 0.3) is 11.6 Å². The van der Waals surface area contributed by atoms with Crippen molar-refractivity contribution in [1.82, 2.24) is 9.80 Å². The Bertz CT molecular complexity index is 1250. The maximum absolute atomic E-state index is 13.7. The van der Waals surface area contributed by atoms with E-state index in [0.29, 0.717) is 12.1 Å². The van der Waals surface area contributed by atoms with Crippen LogP contribution < -0.4 is 0 Å². The van der Waals surface area contributed by atoms with Crippen LogP contribution in [0.3, 0.4) is 0 Å². The molecule has 34 heavy (non-hydrogen) atoms. The summed E-state index contributed by atoms with van der Waals surface area (Å²) in [6, 6.07) is 15.7. The van der Waals surface area contributed by atoms with Crippen LogP contribution in [0.15, 0.2) is 60.0 Å². The van der Waals surface area contributed by atoms with Gasteiger partial charge in [-0.2, -0.15) is 0 Å². The van der Waals surface area contributed by atoms with Crippen molar-refractivity contribution in [3.05, 3.63) is 97.2 Å².